The summed E-state index contributed by atoms with van der Waals surface area (Å²) < 4.78 is 60.7. The minimum absolute atomic E-state index is 0.0731. The Morgan fingerprint density at radius 1 is 1.14 bits per heavy atom. The molecule has 0 saturated carbocycles. The highest BCUT2D eigenvalue weighted by molar-refractivity contribution is 8.00. The normalized spacial score (nSPS) is 13.3. The number of rotatable bonds is 2. The molecule has 0 bridgehead atoms. The Morgan fingerprint density at radius 3 is 2.07 bits per heavy atom. The van der Waals surface area contributed by atoms with Crippen molar-refractivity contribution in [2.45, 2.75) is 16.4 Å². The van der Waals surface area contributed by atoms with E-state index in [0.29, 0.717) is 0 Å². The van der Waals surface area contributed by atoms with E-state index in [1.165, 1.54) is 6.26 Å². The largest absolute Gasteiger partial charge is 0.460 e. The molecule has 1 aromatic heterocycles. The maximum atomic E-state index is 12.6. The van der Waals surface area contributed by atoms with E-state index in [1.54, 1.807) is 0 Å². The first-order chi connectivity index (χ1) is 6.29. The van der Waals surface area contributed by atoms with Crippen molar-refractivity contribution >= 4 is 23.1 Å². The van der Waals surface area contributed by atoms with Gasteiger partial charge in [0.2, 0.25) is 0 Å². The Morgan fingerprint density at radius 2 is 1.71 bits per heavy atom. The average Bonchev–Trinajstić information content (AvgIpc) is 2.49. The van der Waals surface area contributed by atoms with Crippen LogP contribution in [0.5, 0.6) is 0 Å². The van der Waals surface area contributed by atoms with Crippen molar-refractivity contribution in [3.05, 3.63) is 5.01 Å². The smallest absolute Gasteiger partial charge is 0.188 e. The molecule has 0 aromatic carbocycles. The zero-order valence-corrected chi connectivity index (χ0v) is 8.23. The van der Waals surface area contributed by atoms with Crippen LogP contribution in [0, 0.1) is 0 Å². The summed E-state index contributed by atoms with van der Waals surface area (Å²) in [7, 11) is 0. The van der Waals surface area contributed by atoms with E-state index in [2.05, 4.69) is 10.2 Å². The summed E-state index contributed by atoms with van der Waals surface area (Å²) in [6.45, 7) is 0. The summed E-state index contributed by atoms with van der Waals surface area (Å²) in [5.41, 5.74) is 0. The number of hydrogen-bond acceptors (Lipinski definition) is 4. The molecule has 9 heteroatoms. The van der Waals surface area contributed by atoms with Crippen LogP contribution in [0.2, 0.25) is 0 Å². The minimum Gasteiger partial charge on any atom is -0.188 e. The molecule has 0 fully saturated rings. The Bertz CT molecular complexity index is 320. The molecule has 0 unspecified atom stereocenters. The van der Waals surface area contributed by atoms with Gasteiger partial charge in [0.1, 0.15) is 0 Å². The van der Waals surface area contributed by atoms with Crippen molar-refractivity contribution in [2.24, 2.45) is 0 Å². The third kappa shape index (κ3) is 1.97. The van der Waals surface area contributed by atoms with Gasteiger partial charge in [-0.05, 0) is 6.26 Å². The number of alkyl halides is 5. The quantitative estimate of drug-likeness (QED) is 0.596. The van der Waals surface area contributed by atoms with Crippen LogP contribution in [-0.2, 0) is 5.92 Å². The number of thioether (sulfide) groups is 1. The fraction of sp³-hybridized carbons (Fsp3) is 0.600. The summed E-state index contributed by atoms with van der Waals surface area (Å²) in [4.78, 5) is 0. The number of aromatic nitrogens is 2. The molecule has 0 N–H and O–H groups in total. The molecule has 1 rings (SSSR count). The summed E-state index contributed by atoms with van der Waals surface area (Å²) in [6, 6.07) is 0. The van der Waals surface area contributed by atoms with Crippen LogP contribution < -0.4 is 0 Å². The molecular weight excluding hydrogens is 247 g/mol. The second-order valence-electron chi connectivity index (χ2n) is 2.15. The monoisotopic (exact) mass is 250 g/mol. The van der Waals surface area contributed by atoms with Crippen molar-refractivity contribution < 1.29 is 22.0 Å². The van der Waals surface area contributed by atoms with E-state index in [0.717, 1.165) is 11.8 Å². The van der Waals surface area contributed by atoms with E-state index in [9.17, 15) is 22.0 Å². The number of nitrogens with zero attached hydrogens (tertiary/aromatic N) is 2. The van der Waals surface area contributed by atoms with Crippen LogP contribution in [0.1, 0.15) is 5.01 Å². The molecule has 0 amide bonds. The maximum absolute atomic E-state index is 12.6. The second-order valence-corrected chi connectivity index (χ2v) is 4.18. The van der Waals surface area contributed by atoms with E-state index < -0.39 is 17.1 Å². The lowest BCUT2D eigenvalue weighted by atomic mass is 10.3. The highest BCUT2D eigenvalue weighted by Crippen LogP contribution is 2.45. The fourth-order valence-corrected chi connectivity index (χ4v) is 1.81. The van der Waals surface area contributed by atoms with Gasteiger partial charge in [-0.15, -0.1) is 10.2 Å². The maximum Gasteiger partial charge on any atom is 0.460 e. The second kappa shape index (κ2) is 3.61. The van der Waals surface area contributed by atoms with Crippen LogP contribution in [0.15, 0.2) is 4.34 Å². The van der Waals surface area contributed by atoms with Crippen LogP contribution in [-0.4, -0.2) is 22.6 Å². The van der Waals surface area contributed by atoms with Gasteiger partial charge in [-0.25, -0.2) is 0 Å². The first-order valence-corrected chi connectivity index (χ1v) is 5.15. The molecule has 2 nitrogen and oxygen atoms in total. The van der Waals surface area contributed by atoms with E-state index in [1.807, 2.05) is 0 Å². The first kappa shape index (κ1) is 11.6. The van der Waals surface area contributed by atoms with Gasteiger partial charge >= 0.3 is 12.1 Å². The van der Waals surface area contributed by atoms with Crippen molar-refractivity contribution in [1.82, 2.24) is 10.2 Å². The third-order valence-electron chi connectivity index (χ3n) is 1.21. The molecule has 1 aromatic rings. The van der Waals surface area contributed by atoms with Gasteiger partial charge in [-0.2, -0.15) is 22.0 Å². The molecule has 0 radical (unpaired) electrons. The van der Waals surface area contributed by atoms with E-state index in [-0.39, 0.29) is 15.7 Å². The molecule has 0 aliphatic rings. The molecule has 0 spiro atoms. The molecule has 1 heterocycles. The van der Waals surface area contributed by atoms with Gasteiger partial charge in [0.15, 0.2) is 9.35 Å². The molecular formula is C5H3F5N2S2. The standard InChI is InChI=1S/C5H3F5N2S2/c1-13-3-12-11-2(14-3)4(6,7)5(8,9)10/h1H3. The number of hydrogen-bond donors (Lipinski definition) is 0. The van der Waals surface area contributed by atoms with Crippen LogP contribution in [0.4, 0.5) is 22.0 Å². The highest BCUT2D eigenvalue weighted by atomic mass is 32.2. The van der Waals surface area contributed by atoms with Gasteiger partial charge in [0.25, 0.3) is 0 Å². The zero-order valence-electron chi connectivity index (χ0n) is 6.60. The van der Waals surface area contributed by atoms with E-state index in [4.69, 9.17) is 0 Å². The predicted octanol–water partition coefficient (Wildman–Crippen LogP) is 2.91. The van der Waals surface area contributed by atoms with Crippen molar-refractivity contribution in [3.8, 4) is 0 Å². The van der Waals surface area contributed by atoms with Gasteiger partial charge in [-0.3, -0.25) is 0 Å². The van der Waals surface area contributed by atoms with E-state index >= 15 is 0 Å². The van der Waals surface area contributed by atoms with Gasteiger partial charge in [0, 0.05) is 0 Å². The van der Waals surface area contributed by atoms with Crippen LogP contribution in [0.3, 0.4) is 0 Å². The molecule has 0 atom stereocenters. The highest BCUT2D eigenvalue weighted by Gasteiger charge is 2.61. The van der Waals surface area contributed by atoms with Gasteiger partial charge < -0.3 is 0 Å². The Labute approximate surface area is 83.5 Å². The predicted molar refractivity (Wildman–Crippen MR) is 41.6 cm³/mol. The van der Waals surface area contributed by atoms with Crippen LogP contribution >= 0.6 is 23.1 Å². The van der Waals surface area contributed by atoms with Crippen LogP contribution in [0.25, 0.3) is 0 Å². The molecule has 0 aliphatic heterocycles. The topological polar surface area (TPSA) is 25.8 Å². The minimum atomic E-state index is -5.62. The summed E-state index contributed by atoms with van der Waals surface area (Å²) >= 11 is 1.20. The van der Waals surface area contributed by atoms with Gasteiger partial charge in [0.05, 0.1) is 0 Å². The lowest BCUT2D eigenvalue weighted by molar-refractivity contribution is -0.289. The van der Waals surface area contributed by atoms with Crippen molar-refractivity contribution in [1.29, 1.82) is 0 Å². The van der Waals surface area contributed by atoms with Crippen molar-refractivity contribution in [3.63, 3.8) is 0 Å². The first-order valence-electron chi connectivity index (χ1n) is 3.11. The zero-order chi connectivity index (χ0) is 11.0. The van der Waals surface area contributed by atoms with Crippen molar-refractivity contribution in [2.75, 3.05) is 6.26 Å². The Kier molecular flexibility index (Phi) is 3.00. The summed E-state index contributed by atoms with van der Waals surface area (Å²) in [6.07, 6.45) is -4.11. The lowest BCUT2D eigenvalue weighted by Gasteiger charge is -2.15. The average molecular weight is 250 g/mol. The third-order valence-corrected chi connectivity index (χ3v) is 3.17. The Hall–Kier alpha value is -0.440. The summed E-state index contributed by atoms with van der Waals surface area (Å²) in [5.74, 6) is -4.92. The molecule has 0 aliphatic carbocycles. The summed E-state index contributed by atoms with van der Waals surface area (Å²) in [5, 5.41) is 4.64. The van der Waals surface area contributed by atoms with Gasteiger partial charge in [-0.1, -0.05) is 23.1 Å². The molecule has 0 saturated heterocycles. The fourth-order valence-electron chi connectivity index (χ4n) is 0.540. The Balaban J connectivity index is 3.04. The SMILES string of the molecule is CSc1nnc(C(F)(F)C(F)(F)F)s1. The number of halogens is 5. The molecule has 80 valence electrons. The molecule has 14 heavy (non-hydrogen) atoms. The lowest BCUT2D eigenvalue weighted by Crippen LogP contribution is -2.33.